The minimum absolute atomic E-state index is 0.0602. The lowest BCUT2D eigenvalue weighted by Crippen LogP contribution is -2.40. The molecule has 2 atom stereocenters. The van der Waals surface area contributed by atoms with Gasteiger partial charge in [-0.25, -0.2) is 4.79 Å². The average molecular weight is 189 g/mol. The fourth-order valence-electron chi connectivity index (χ4n) is 1.20. The van der Waals surface area contributed by atoms with Gasteiger partial charge in [-0.15, -0.1) is 0 Å². The minimum atomic E-state index is -0.776. The molecular formula is C9H19NO3. The number of ether oxygens (including phenoxy) is 1. The number of aliphatic hydroxyl groups excluding tert-OH is 1. The zero-order valence-electron chi connectivity index (χ0n) is 8.70. The molecule has 4 heteroatoms. The first-order valence-corrected chi connectivity index (χ1v) is 4.40. The molecule has 0 radical (unpaired) electrons. The third-order valence-electron chi connectivity index (χ3n) is 2.60. The normalized spacial score (nSPS) is 16.4. The van der Waals surface area contributed by atoms with Crippen LogP contribution in [0.2, 0.25) is 0 Å². The van der Waals surface area contributed by atoms with E-state index in [4.69, 9.17) is 15.6 Å². The largest absolute Gasteiger partial charge is 0.443 e. The first kappa shape index (κ1) is 12.2. The van der Waals surface area contributed by atoms with Crippen molar-refractivity contribution in [3.05, 3.63) is 0 Å². The highest BCUT2D eigenvalue weighted by atomic mass is 16.6. The van der Waals surface area contributed by atoms with Crippen LogP contribution in [0.4, 0.5) is 4.79 Å². The fourth-order valence-corrected chi connectivity index (χ4v) is 1.20. The maximum absolute atomic E-state index is 10.6. The van der Waals surface area contributed by atoms with Gasteiger partial charge in [0.2, 0.25) is 0 Å². The second kappa shape index (κ2) is 4.46. The van der Waals surface area contributed by atoms with Crippen molar-refractivity contribution in [2.75, 3.05) is 6.61 Å². The summed E-state index contributed by atoms with van der Waals surface area (Å²) >= 11 is 0. The van der Waals surface area contributed by atoms with Gasteiger partial charge in [0, 0.05) is 12.5 Å². The van der Waals surface area contributed by atoms with Crippen LogP contribution in [0.25, 0.3) is 0 Å². The Morgan fingerprint density at radius 2 is 2.00 bits per heavy atom. The second-order valence-electron chi connectivity index (χ2n) is 3.97. The summed E-state index contributed by atoms with van der Waals surface area (Å²) in [7, 11) is 0. The topological polar surface area (TPSA) is 72.6 Å². The Bertz CT molecular complexity index is 180. The summed E-state index contributed by atoms with van der Waals surface area (Å²) in [6, 6.07) is 0. The van der Waals surface area contributed by atoms with Crippen LogP contribution in [0.5, 0.6) is 0 Å². The second-order valence-corrected chi connectivity index (χ2v) is 3.97. The highest BCUT2D eigenvalue weighted by molar-refractivity contribution is 5.65. The molecule has 0 bridgehead atoms. The van der Waals surface area contributed by atoms with Gasteiger partial charge in [0.1, 0.15) is 5.60 Å². The number of hydrogen-bond donors (Lipinski definition) is 2. The Hall–Kier alpha value is -0.770. The van der Waals surface area contributed by atoms with Gasteiger partial charge in [0.25, 0.3) is 0 Å². The van der Waals surface area contributed by atoms with Crippen LogP contribution in [-0.2, 0) is 4.74 Å². The van der Waals surface area contributed by atoms with Gasteiger partial charge in [-0.05, 0) is 19.8 Å². The standard InChI is InChI=1S/C9H19NO3/c1-6(5-11)7(2)9(3,4)13-8(10)12/h6-7,11H,5H2,1-4H3,(H2,10,12). The van der Waals surface area contributed by atoms with Crippen LogP contribution in [0.15, 0.2) is 0 Å². The van der Waals surface area contributed by atoms with Crippen molar-refractivity contribution in [1.82, 2.24) is 0 Å². The molecule has 0 heterocycles. The van der Waals surface area contributed by atoms with E-state index in [2.05, 4.69) is 0 Å². The maximum atomic E-state index is 10.6. The van der Waals surface area contributed by atoms with Crippen molar-refractivity contribution in [3.63, 3.8) is 0 Å². The first-order chi connectivity index (χ1) is 5.81. The number of primary amides is 1. The molecule has 0 aromatic carbocycles. The molecule has 3 N–H and O–H groups in total. The highest BCUT2D eigenvalue weighted by Crippen LogP contribution is 2.27. The van der Waals surface area contributed by atoms with Crippen molar-refractivity contribution in [1.29, 1.82) is 0 Å². The zero-order valence-corrected chi connectivity index (χ0v) is 8.70. The van der Waals surface area contributed by atoms with Crippen molar-refractivity contribution < 1.29 is 14.6 Å². The quantitative estimate of drug-likeness (QED) is 0.696. The Balaban J connectivity index is 4.34. The minimum Gasteiger partial charge on any atom is -0.443 e. The van der Waals surface area contributed by atoms with Crippen LogP contribution in [-0.4, -0.2) is 23.4 Å². The van der Waals surface area contributed by atoms with Gasteiger partial charge in [0.05, 0.1) is 0 Å². The van der Waals surface area contributed by atoms with E-state index in [0.717, 1.165) is 0 Å². The molecule has 4 nitrogen and oxygen atoms in total. The molecule has 0 saturated heterocycles. The third-order valence-corrected chi connectivity index (χ3v) is 2.60. The van der Waals surface area contributed by atoms with Crippen molar-refractivity contribution >= 4 is 6.09 Å². The van der Waals surface area contributed by atoms with E-state index in [0.29, 0.717) is 0 Å². The monoisotopic (exact) mass is 189 g/mol. The molecule has 1 amide bonds. The summed E-state index contributed by atoms with van der Waals surface area (Å²) in [5.74, 6) is 0.138. The van der Waals surface area contributed by atoms with Crippen molar-refractivity contribution in [2.24, 2.45) is 17.6 Å². The van der Waals surface area contributed by atoms with Gasteiger partial charge in [-0.3, -0.25) is 0 Å². The van der Waals surface area contributed by atoms with Crippen LogP contribution in [0.1, 0.15) is 27.7 Å². The summed E-state index contributed by atoms with van der Waals surface area (Å²) in [6.45, 7) is 7.47. The molecule has 0 saturated carbocycles. The molecular weight excluding hydrogens is 170 g/mol. The first-order valence-electron chi connectivity index (χ1n) is 4.40. The highest BCUT2D eigenvalue weighted by Gasteiger charge is 2.32. The molecule has 0 aliphatic carbocycles. The zero-order chi connectivity index (χ0) is 10.6. The molecule has 0 aromatic rings. The molecule has 0 fully saturated rings. The predicted octanol–water partition coefficient (Wildman–Crippen LogP) is 1.12. The number of rotatable bonds is 4. The van der Waals surface area contributed by atoms with Gasteiger partial charge in [-0.2, -0.15) is 0 Å². The number of hydrogen-bond acceptors (Lipinski definition) is 3. The van der Waals surface area contributed by atoms with Gasteiger partial charge >= 0.3 is 6.09 Å². The summed E-state index contributed by atoms with van der Waals surface area (Å²) in [5, 5.41) is 8.93. The molecule has 0 aliphatic heterocycles. The van der Waals surface area contributed by atoms with E-state index in [1.807, 2.05) is 13.8 Å². The fraction of sp³-hybridized carbons (Fsp3) is 0.889. The Morgan fingerprint density at radius 1 is 1.54 bits per heavy atom. The van der Waals surface area contributed by atoms with E-state index in [1.165, 1.54) is 0 Å². The lowest BCUT2D eigenvalue weighted by atomic mass is 9.83. The van der Waals surface area contributed by atoms with E-state index < -0.39 is 11.7 Å². The Morgan fingerprint density at radius 3 is 2.31 bits per heavy atom. The molecule has 13 heavy (non-hydrogen) atoms. The lowest BCUT2D eigenvalue weighted by molar-refractivity contribution is -0.0222. The molecule has 0 rings (SSSR count). The van der Waals surface area contributed by atoms with E-state index >= 15 is 0 Å². The number of carbonyl (C=O) groups excluding carboxylic acids is 1. The van der Waals surface area contributed by atoms with Crippen LogP contribution < -0.4 is 5.73 Å². The smallest absolute Gasteiger partial charge is 0.405 e. The molecule has 0 spiro atoms. The molecule has 0 aliphatic rings. The number of carbonyl (C=O) groups is 1. The summed E-state index contributed by atoms with van der Waals surface area (Å²) in [5.41, 5.74) is 4.30. The molecule has 78 valence electrons. The molecule has 2 unspecified atom stereocenters. The Labute approximate surface area is 79.1 Å². The van der Waals surface area contributed by atoms with E-state index in [9.17, 15) is 4.79 Å². The van der Waals surface area contributed by atoms with E-state index in [1.54, 1.807) is 13.8 Å². The number of amides is 1. The predicted molar refractivity (Wildman–Crippen MR) is 50.2 cm³/mol. The maximum Gasteiger partial charge on any atom is 0.405 e. The average Bonchev–Trinajstić information content (AvgIpc) is 1.99. The lowest BCUT2D eigenvalue weighted by Gasteiger charge is -2.34. The van der Waals surface area contributed by atoms with Crippen molar-refractivity contribution in [2.45, 2.75) is 33.3 Å². The van der Waals surface area contributed by atoms with Gasteiger partial charge < -0.3 is 15.6 Å². The Kier molecular flexibility index (Phi) is 4.20. The van der Waals surface area contributed by atoms with Crippen LogP contribution in [0, 0.1) is 11.8 Å². The summed E-state index contributed by atoms with van der Waals surface area (Å²) in [6.07, 6.45) is -0.776. The van der Waals surface area contributed by atoms with Gasteiger partial charge in [-0.1, -0.05) is 13.8 Å². The summed E-state index contributed by atoms with van der Waals surface area (Å²) < 4.78 is 4.95. The number of aliphatic hydroxyl groups is 1. The summed E-state index contributed by atoms with van der Waals surface area (Å²) in [4.78, 5) is 10.6. The van der Waals surface area contributed by atoms with Gasteiger partial charge in [0.15, 0.2) is 0 Å². The number of nitrogens with two attached hydrogens (primary N) is 1. The SMILES string of the molecule is CC(CO)C(C)C(C)(C)OC(N)=O. The third kappa shape index (κ3) is 3.63. The molecule has 0 aromatic heterocycles. The van der Waals surface area contributed by atoms with Crippen molar-refractivity contribution in [3.8, 4) is 0 Å². The van der Waals surface area contributed by atoms with Crippen LogP contribution >= 0.6 is 0 Å². The van der Waals surface area contributed by atoms with E-state index in [-0.39, 0.29) is 18.4 Å². The van der Waals surface area contributed by atoms with Crippen LogP contribution in [0.3, 0.4) is 0 Å².